The first kappa shape index (κ1) is 11.9. The lowest BCUT2D eigenvalue weighted by Crippen LogP contribution is -2.08. The van der Waals surface area contributed by atoms with E-state index in [1.54, 1.807) is 0 Å². The van der Waals surface area contributed by atoms with Gasteiger partial charge in [0.2, 0.25) is 5.89 Å². The van der Waals surface area contributed by atoms with Crippen LogP contribution in [0.3, 0.4) is 0 Å². The number of nitrogens with one attached hydrogen (secondary N) is 1. The summed E-state index contributed by atoms with van der Waals surface area (Å²) in [7, 11) is 1.96. The standard InChI is InChI=1S/C11H19N3OS/c1-12-7-4-6-10-13-11(15-14-10)9-5-2-3-8-16-9/h9,12H,2-8H2,1H3. The summed E-state index contributed by atoms with van der Waals surface area (Å²) in [5.74, 6) is 2.92. The molecule has 0 amide bonds. The second kappa shape index (κ2) is 6.25. The van der Waals surface area contributed by atoms with Crippen LogP contribution in [0.2, 0.25) is 0 Å². The van der Waals surface area contributed by atoms with Gasteiger partial charge in [-0.25, -0.2) is 0 Å². The van der Waals surface area contributed by atoms with E-state index in [1.165, 1.54) is 25.0 Å². The fourth-order valence-electron chi connectivity index (χ4n) is 1.86. The van der Waals surface area contributed by atoms with Crippen LogP contribution in [0.1, 0.15) is 42.6 Å². The average Bonchev–Trinajstić information content (AvgIpc) is 2.79. The molecule has 0 bridgehead atoms. The highest BCUT2D eigenvalue weighted by Crippen LogP contribution is 2.37. The van der Waals surface area contributed by atoms with Gasteiger partial charge in [-0.2, -0.15) is 4.98 Å². The van der Waals surface area contributed by atoms with E-state index < -0.39 is 0 Å². The second-order valence-corrected chi connectivity index (χ2v) is 5.42. The van der Waals surface area contributed by atoms with Crippen LogP contribution < -0.4 is 5.32 Å². The third-order valence-corrected chi connectivity index (χ3v) is 4.13. The van der Waals surface area contributed by atoms with Gasteiger partial charge in [0.1, 0.15) is 0 Å². The number of rotatable bonds is 5. The Balaban J connectivity index is 1.85. The molecular formula is C11H19N3OS. The van der Waals surface area contributed by atoms with Crippen LogP contribution in [0.15, 0.2) is 4.52 Å². The maximum absolute atomic E-state index is 5.33. The molecule has 1 fully saturated rings. The van der Waals surface area contributed by atoms with Crippen molar-refractivity contribution >= 4 is 11.8 Å². The number of hydrogen-bond acceptors (Lipinski definition) is 5. The van der Waals surface area contributed by atoms with Crippen LogP contribution in [0.4, 0.5) is 0 Å². The van der Waals surface area contributed by atoms with Gasteiger partial charge in [-0.05, 0) is 38.6 Å². The van der Waals surface area contributed by atoms with Gasteiger partial charge in [0.15, 0.2) is 5.82 Å². The Kier molecular flexibility index (Phi) is 4.66. The molecule has 1 aliphatic rings. The monoisotopic (exact) mass is 241 g/mol. The molecular weight excluding hydrogens is 222 g/mol. The van der Waals surface area contributed by atoms with Crippen LogP contribution in [0, 0.1) is 0 Å². The molecule has 1 saturated heterocycles. The molecule has 1 N–H and O–H groups in total. The van der Waals surface area contributed by atoms with E-state index in [2.05, 4.69) is 15.5 Å². The maximum atomic E-state index is 5.33. The summed E-state index contributed by atoms with van der Waals surface area (Å²) in [5, 5.41) is 7.60. The summed E-state index contributed by atoms with van der Waals surface area (Å²) in [6.07, 6.45) is 5.76. The molecule has 0 radical (unpaired) electrons. The van der Waals surface area contributed by atoms with Gasteiger partial charge in [0.25, 0.3) is 0 Å². The van der Waals surface area contributed by atoms with E-state index in [9.17, 15) is 0 Å². The molecule has 1 aromatic rings. The molecule has 1 unspecified atom stereocenters. The molecule has 1 atom stereocenters. The first-order valence-corrected chi connectivity index (χ1v) is 7.03. The van der Waals surface area contributed by atoms with Crippen molar-refractivity contribution in [2.24, 2.45) is 0 Å². The number of aromatic nitrogens is 2. The summed E-state index contributed by atoms with van der Waals surface area (Å²) in [6, 6.07) is 0. The van der Waals surface area contributed by atoms with E-state index in [0.717, 1.165) is 31.1 Å². The molecule has 1 aliphatic heterocycles. The van der Waals surface area contributed by atoms with Crippen LogP contribution in [-0.4, -0.2) is 29.5 Å². The predicted molar refractivity (Wildman–Crippen MR) is 65.6 cm³/mol. The molecule has 2 rings (SSSR count). The Morgan fingerprint density at radius 2 is 2.44 bits per heavy atom. The molecule has 2 heterocycles. The predicted octanol–water partition coefficient (Wildman–Crippen LogP) is 2.18. The minimum Gasteiger partial charge on any atom is -0.338 e. The largest absolute Gasteiger partial charge is 0.338 e. The minimum absolute atomic E-state index is 0.444. The molecule has 1 aromatic heterocycles. The van der Waals surface area contributed by atoms with Gasteiger partial charge in [0.05, 0.1) is 5.25 Å². The van der Waals surface area contributed by atoms with Crippen LogP contribution in [-0.2, 0) is 6.42 Å². The van der Waals surface area contributed by atoms with Crippen molar-refractivity contribution in [2.45, 2.75) is 37.4 Å². The quantitative estimate of drug-likeness (QED) is 0.801. The fraction of sp³-hybridized carbons (Fsp3) is 0.818. The molecule has 0 saturated carbocycles. The van der Waals surface area contributed by atoms with Crippen LogP contribution >= 0.6 is 11.8 Å². The first-order valence-electron chi connectivity index (χ1n) is 5.99. The Morgan fingerprint density at radius 1 is 1.50 bits per heavy atom. The van der Waals surface area contributed by atoms with Crippen molar-refractivity contribution in [1.82, 2.24) is 15.5 Å². The highest BCUT2D eigenvalue weighted by atomic mass is 32.2. The van der Waals surface area contributed by atoms with Crippen molar-refractivity contribution in [3.05, 3.63) is 11.7 Å². The van der Waals surface area contributed by atoms with Crippen molar-refractivity contribution < 1.29 is 4.52 Å². The topological polar surface area (TPSA) is 51.0 Å². The van der Waals surface area contributed by atoms with E-state index >= 15 is 0 Å². The summed E-state index contributed by atoms with van der Waals surface area (Å²) >= 11 is 1.95. The van der Waals surface area contributed by atoms with Crippen molar-refractivity contribution in [3.63, 3.8) is 0 Å². The Hall–Kier alpha value is -0.550. The van der Waals surface area contributed by atoms with Crippen LogP contribution in [0.5, 0.6) is 0 Å². The third kappa shape index (κ3) is 3.22. The highest BCUT2D eigenvalue weighted by Gasteiger charge is 2.21. The zero-order valence-electron chi connectivity index (χ0n) is 9.74. The molecule has 0 spiro atoms. The zero-order chi connectivity index (χ0) is 11.2. The summed E-state index contributed by atoms with van der Waals surface area (Å²) in [6.45, 7) is 1.00. The molecule has 16 heavy (non-hydrogen) atoms. The van der Waals surface area contributed by atoms with E-state index in [0.29, 0.717) is 5.25 Å². The average molecular weight is 241 g/mol. The number of thioether (sulfide) groups is 1. The summed E-state index contributed by atoms with van der Waals surface area (Å²) < 4.78 is 5.33. The SMILES string of the molecule is CNCCCc1noc(C2CCCCS2)n1. The summed E-state index contributed by atoms with van der Waals surface area (Å²) in [5.41, 5.74) is 0. The number of nitrogens with zero attached hydrogens (tertiary/aromatic N) is 2. The molecule has 0 aliphatic carbocycles. The maximum Gasteiger partial charge on any atom is 0.239 e. The lowest BCUT2D eigenvalue weighted by molar-refractivity contribution is 0.365. The lowest BCUT2D eigenvalue weighted by Gasteiger charge is -2.16. The highest BCUT2D eigenvalue weighted by molar-refractivity contribution is 7.99. The minimum atomic E-state index is 0.444. The number of hydrogen-bond donors (Lipinski definition) is 1. The fourth-order valence-corrected chi connectivity index (χ4v) is 3.09. The third-order valence-electron chi connectivity index (χ3n) is 2.77. The van der Waals surface area contributed by atoms with Crippen molar-refractivity contribution in [2.75, 3.05) is 19.3 Å². The van der Waals surface area contributed by atoms with Crippen LogP contribution in [0.25, 0.3) is 0 Å². The first-order chi connectivity index (χ1) is 7.90. The molecule has 0 aromatic carbocycles. The van der Waals surface area contributed by atoms with Crippen molar-refractivity contribution in [3.8, 4) is 0 Å². The van der Waals surface area contributed by atoms with Gasteiger partial charge < -0.3 is 9.84 Å². The lowest BCUT2D eigenvalue weighted by atomic mass is 10.2. The van der Waals surface area contributed by atoms with Gasteiger partial charge >= 0.3 is 0 Å². The summed E-state index contributed by atoms with van der Waals surface area (Å²) in [4.78, 5) is 4.48. The smallest absolute Gasteiger partial charge is 0.239 e. The Bertz CT molecular complexity index is 310. The molecule has 5 heteroatoms. The normalized spacial score (nSPS) is 21.2. The van der Waals surface area contributed by atoms with E-state index in [1.807, 2.05) is 18.8 Å². The molecule has 90 valence electrons. The zero-order valence-corrected chi connectivity index (χ0v) is 10.6. The Labute approximate surface area is 101 Å². The second-order valence-electron chi connectivity index (χ2n) is 4.11. The van der Waals surface area contributed by atoms with Gasteiger partial charge in [-0.15, -0.1) is 11.8 Å². The van der Waals surface area contributed by atoms with Crippen molar-refractivity contribution in [1.29, 1.82) is 0 Å². The molecule has 4 nitrogen and oxygen atoms in total. The van der Waals surface area contributed by atoms with Gasteiger partial charge in [0, 0.05) is 6.42 Å². The van der Waals surface area contributed by atoms with E-state index in [-0.39, 0.29) is 0 Å². The number of aryl methyl sites for hydroxylation is 1. The van der Waals surface area contributed by atoms with Gasteiger partial charge in [-0.1, -0.05) is 11.6 Å². The van der Waals surface area contributed by atoms with E-state index in [4.69, 9.17) is 4.52 Å². The Morgan fingerprint density at radius 3 is 3.19 bits per heavy atom. The van der Waals surface area contributed by atoms with Gasteiger partial charge in [-0.3, -0.25) is 0 Å².